The van der Waals surface area contributed by atoms with E-state index in [1.165, 1.54) is 16.7 Å². The van der Waals surface area contributed by atoms with Crippen molar-refractivity contribution < 1.29 is 14.3 Å². The fourth-order valence-corrected chi connectivity index (χ4v) is 5.39. The molecule has 0 saturated carbocycles. The molecule has 5 rings (SSSR count). The number of rotatable bonds is 7. The highest BCUT2D eigenvalue weighted by Crippen LogP contribution is 2.39. The largest absolute Gasteiger partial charge is 0.483 e. The van der Waals surface area contributed by atoms with E-state index in [2.05, 4.69) is 5.32 Å². The molecule has 10 heteroatoms. The molecule has 1 fully saturated rings. The third-order valence-electron chi connectivity index (χ3n) is 5.86. The number of carbonyl (C=O) groups excluding carboxylic acids is 2. The van der Waals surface area contributed by atoms with E-state index in [4.69, 9.17) is 44.5 Å². The van der Waals surface area contributed by atoms with Crippen LogP contribution in [0.5, 0.6) is 5.75 Å². The summed E-state index contributed by atoms with van der Waals surface area (Å²) in [7, 11) is 0. The molecular weight excluding hydrogens is 601 g/mol. The first-order valence-electron chi connectivity index (χ1n) is 12.4. The van der Waals surface area contributed by atoms with Crippen LogP contribution in [0.4, 0.5) is 17.1 Å². The number of ether oxygens (including phenoxy) is 1. The highest BCUT2D eigenvalue weighted by atomic mass is 35.5. The summed E-state index contributed by atoms with van der Waals surface area (Å²) in [6.45, 7) is 1.72. The van der Waals surface area contributed by atoms with Crippen LogP contribution in [0.15, 0.2) is 101 Å². The van der Waals surface area contributed by atoms with Gasteiger partial charge in [0.2, 0.25) is 0 Å². The Kier molecular flexibility index (Phi) is 9.00. The highest BCUT2D eigenvalue weighted by Gasteiger charge is 2.35. The summed E-state index contributed by atoms with van der Waals surface area (Å²) in [6.07, 6.45) is 1.68. The second kappa shape index (κ2) is 12.8. The molecule has 1 heterocycles. The number of nitrogens with one attached hydrogen (secondary N) is 1. The number of hydrogen-bond acceptors (Lipinski definition) is 5. The normalized spacial score (nSPS) is 15.0. The number of aliphatic imine (C=N–C) groups is 1. The topological polar surface area (TPSA) is 71.0 Å². The molecule has 1 aliphatic heterocycles. The molecule has 1 saturated heterocycles. The minimum atomic E-state index is -0.318. The van der Waals surface area contributed by atoms with E-state index in [9.17, 15) is 9.59 Å². The number of nitrogens with zero attached hydrogens (tertiary/aromatic N) is 2. The van der Waals surface area contributed by atoms with Gasteiger partial charge >= 0.3 is 0 Å². The van der Waals surface area contributed by atoms with Crippen molar-refractivity contribution in [1.82, 2.24) is 0 Å². The number of thioether (sulfide) groups is 1. The van der Waals surface area contributed by atoms with Crippen molar-refractivity contribution in [2.24, 2.45) is 4.99 Å². The van der Waals surface area contributed by atoms with Gasteiger partial charge in [-0.15, -0.1) is 0 Å². The van der Waals surface area contributed by atoms with Gasteiger partial charge in [-0.1, -0.05) is 46.9 Å². The van der Waals surface area contributed by atoms with Gasteiger partial charge in [-0.2, -0.15) is 0 Å². The molecule has 1 aliphatic rings. The van der Waals surface area contributed by atoms with E-state index in [0.717, 1.165) is 5.56 Å². The lowest BCUT2D eigenvalue weighted by Crippen LogP contribution is -2.28. The molecule has 0 aliphatic carbocycles. The van der Waals surface area contributed by atoms with Crippen molar-refractivity contribution in [2.75, 3.05) is 16.8 Å². The standard InChI is InChI=1S/C31H22Cl3N3O3S/c1-19-3-2-4-25(15-19)35-29(38)18-40-27-14-9-23(34)16-20(27)17-28-30(39)37(26-12-7-22(33)8-13-26)31(41-28)36-24-10-5-21(32)6-11-24/h2-17H,18H2,1H3,(H,35,38)/b28-17-,36-31?. The smallest absolute Gasteiger partial charge is 0.271 e. The summed E-state index contributed by atoms with van der Waals surface area (Å²) in [5, 5.41) is 4.86. The SMILES string of the molecule is Cc1cccc(NC(=O)COc2ccc(Cl)cc2/C=C2\SC(=Nc3ccc(Cl)cc3)N(c3ccc(Cl)cc3)C2=O)c1. The summed E-state index contributed by atoms with van der Waals surface area (Å²) in [5.74, 6) is -0.203. The maximum Gasteiger partial charge on any atom is 0.271 e. The maximum atomic E-state index is 13.7. The lowest BCUT2D eigenvalue weighted by Gasteiger charge is -2.15. The summed E-state index contributed by atoms with van der Waals surface area (Å²) in [5.41, 5.74) is 3.50. The van der Waals surface area contributed by atoms with E-state index < -0.39 is 0 Å². The fraction of sp³-hybridized carbons (Fsp3) is 0.0645. The molecule has 6 nitrogen and oxygen atoms in total. The van der Waals surface area contributed by atoms with Gasteiger partial charge in [-0.3, -0.25) is 14.5 Å². The first kappa shape index (κ1) is 28.8. The predicted molar refractivity (Wildman–Crippen MR) is 170 cm³/mol. The zero-order valence-electron chi connectivity index (χ0n) is 21.6. The summed E-state index contributed by atoms with van der Waals surface area (Å²) in [6, 6.07) is 26.4. The molecule has 4 aromatic rings. The zero-order chi connectivity index (χ0) is 28.9. The molecule has 41 heavy (non-hydrogen) atoms. The van der Waals surface area contributed by atoms with E-state index in [1.54, 1.807) is 72.8 Å². The van der Waals surface area contributed by atoms with Crippen molar-refractivity contribution in [3.05, 3.63) is 122 Å². The summed E-state index contributed by atoms with van der Waals surface area (Å²) >= 11 is 19.6. The van der Waals surface area contributed by atoms with Crippen molar-refractivity contribution in [2.45, 2.75) is 6.92 Å². The average Bonchev–Trinajstić information content (AvgIpc) is 3.24. The van der Waals surface area contributed by atoms with Crippen LogP contribution >= 0.6 is 46.6 Å². The molecule has 206 valence electrons. The van der Waals surface area contributed by atoms with Gasteiger partial charge < -0.3 is 10.1 Å². The molecule has 0 bridgehead atoms. The Morgan fingerprint density at radius 1 is 0.927 bits per heavy atom. The van der Waals surface area contributed by atoms with E-state index in [1.807, 2.05) is 31.2 Å². The number of carbonyl (C=O) groups is 2. The van der Waals surface area contributed by atoms with Crippen LogP contribution in [-0.4, -0.2) is 23.6 Å². The van der Waals surface area contributed by atoms with Crippen molar-refractivity contribution in [3.63, 3.8) is 0 Å². The van der Waals surface area contributed by atoms with Crippen molar-refractivity contribution >= 4 is 86.7 Å². The van der Waals surface area contributed by atoms with Gasteiger partial charge in [0.1, 0.15) is 5.75 Å². The molecular formula is C31H22Cl3N3O3S. The molecule has 0 spiro atoms. The number of benzene rings is 4. The molecule has 0 radical (unpaired) electrons. The number of hydrogen-bond donors (Lipinski definition) is 1. The molecule has 0 unspecified atom stereocenters. The Labute approximate surface area is 256 Å². The number of amides is 2. The number of amidine groups is 1. The highest BCUT2D eigenvalue weighted by molar-refractivity contribution is 8.19. The molecule has 4 aromatic carbocycles. The van der Waals surface area contributed by atoms with Gasteiger partial charge in [0.25, 0.3) is 11.8 Å². The van der Waals surface area contributed by atoms with Crippen LogP contribution in [0.2, 0.25) is 15.1 Å². The summed E-state index contributed by atoms with van der Waals surface area (Å²) < 4.78 is 5.85. The molecule has 1 N–H and O–H groups in total. The third-order valence-corrected chi connectivity index (χ3v) is 7.57. The van der Waals surface area contributed by atoms with E-state index in [0.29, 0.717) is 53.5 Å². The van der Waals surface area contributed by atoms with Crippen LogP contribution in [-0.2, 0) is 9.59 Å². The van der Waals surface area contributed by atoms with E-state index in [-0.39, 0.29) is 18.4 Å². The Hall–Kier alpha value is -3.75. The number of halogens is 3. The van der Waals surface area contributed by atoms with Crippen LogP contribution in [0, 0.1) is 6.92 Å². The minimum absolute atomic E-state index is 0.229. The average molecular weight is 623 g/mol. The van der Waals surface area contributed by atoms with Crippen LogP contribution in [0.25, 0.3) is 6.08 Å². The Morgan fingerprint density at radius 3 is 2.32 bits per heavy atom. The lowest BCUT2D eigenvalue weighted by molar-refractivity contribution is -0.118. The second-order valence-corrected chi connectivity index (χ2v) is 11.3. The maximum absolute atomic E-state index is 13.7. The van der Waals surface area contributed by atoms with Gasteiger partial charge in [-0.25, -0.2) is 4.99 Å². The van der Waals surface area contributed by atoms with Gasteiger partial charge in [0.05, 0.1) is 16.3 Å². The van der Waals surface area contributed by atoms with Gasteiger partial charge in [-0.05, 0) is 109 Å². The Balaban J connectivity index is 1.43. The molecule has 0 aromatic heterocycles. The Morgan fingerprint density at radius 2 is 1.61 bits per heavy atom. The van der Waals surface area contributed by atoms with Crippen LogP contribution in [0.1, 0.15) is 11.1 Å². The summed E-state index contributed by atoms with van der Waals surface area (Å²) in [4.78, 5) is 32.9. The third kappa shape index (κ3) is 7.31. The lowest BCUT2D eigenvalue weighted by atomic mass is 10.1. The predicted octanol–water partition coefficient (Wildman–Crippen LogP) is 8.78. The van der Waals surface area contributed by atoms with Crippen LogP contribution in [0.3, 0.4) is 0 Å². The first-order valence-corrected chi connectivity index (χ1v) is 14.3. The van der Waals surface area contributed by atoms with Gasteiger partial charge in [0, 0.05) is 26.3 Å². The van der Waals surface area contributed by atoms with Crippen LogP contribution < -0.4 is 15.0 Å². The monoisotopic (exact) mass is 621 g/mol. The molecule has 2 amide bonds. The quantitative estimate of drug-likeness (QED) is 0.209. The minimum Gasteiger partial charge on any atom is -0.483 e. The first-order chi connectivity index (χ1) is 19.7. The zero-order valence-corrected chi connectivity index (χ0v) is 24.7. The number of anilines is 2. The van der Waals surface area contributed by atoms with Crippen molar-refractivity contribution in [3.8, 4) is 5.75 Å². The number of aryl methyl sites for hydroxylation is 1. The second-order valence-electron chi connectivity index (χ2n) is 8.99. The van der Waals surface area contributed by atoms with Gasteiger partial charge in [0.15, 0.2) is 11.8 Å². The van der Waals surface area contributed by atoms with Crippen molar-refractivity contribution in [1.29, 1.82) is 0 Å². The Bertz CT molecular complexity index is 1670. The fourth-order valence-electron chi connectivity index (χ4n) is 3.96. The molecule has 0 atom stereocenters. The van der Waals surface area contributed by atoms with E-state index >= 15 is 0 Å².